The molecule has 1 unspecified atom stereocenters. The highest BCUT2D eigenvalue weighted by atomic mass is 79.9. The van der Waals surface area contributed by atoms with Gasteiger partial charge >= 0.3 is 0 Å². The zero-order valence-electron chi connectivity index (χ0n) is 12.9. The molecule has 0 bridgehead atoms. The largest absolute Gasteiger partial charge is 0.333 e. The summed E-state index contributed by atoms with van der Waals surface area (Å²) in [5, 5.41) is 3.39. The maximum Gasteiger partial charge on any atom is 0.235 e. The highest BCUT2D eigenvalue weighted by Gasteiger charge is 2.46. The number of halogens is 1. The Morgan fingerprint density at radius 1 is 1.09 bits per heavy atom. The summed E-state index contributed by atoms with van der Waals surface area (Å²) in [6.45, 7) is 3.03. The van der Waals surface area contributed by atoms with Gasteiger partial charge in [-0.25, -0.2) is 0 Å². The molecule has 0 radical (unpaired) electrons. The summed E-state index contributed by atoms with van der Waals surface area (Å²) in [5.74, 6) is 0.247. The average Bonchev–Trinajstić information content (AvgIpc) is 3.24. The lowest BCUT2D eigenvalue weighted by Gasteiger charge is -2.32. The second-order valence-corrected chi connectivity index (χ2v) is 7.27. The molecule has 118 valence electrons. The maximum atomic E-state index is 13.4. The second-order valence-electron chi connectivity index (χ2n) is 6.41. The van der Waals surface area contributed by atoms with E-state index in [9.17, 15) is 4.79 Å². The molecule has 1 amide bonds. The van der Waals surface area contributed by atoms with Crippen LogP contribution in [0.4, 0.5) is 0 Å². The fourth-order valence-corrected chi connectivity index (χ4v) is 4.36. The van der Waals surface area contributed by atoms with Crippen LogP contribution in [0.3, 0.4) is 0 Å². The Hall–Kier alpha value is -1.65. The number of fused-ring (bicyclic) bond motifs is 1. The van der Waals surface area contributed by atoms with E-state index in [1.807, 2.05) is 29.2 Å². The molecular weight excluding hydrogens is 352 g/mol. The van der Waals surface area contributed by atoms with Gasteiger partial charge in [-0.15, -0.1) is 0 Å². The van der Waals surface area contributed by atoms with E-state index in [0.717, 1.165) is 29.5 Å². The first-order valence-electron chi connectivity index (χ1n) is 8.03. The normalized spacial score (nSPS) is 23.1. The molecule has 1 N–H and O–H groups in total. The van der Waals surface area contributed by atoms with Crippen LogP contribution in [0.1, 0.15) is 23.1 Å². The quantitative estimate of drug-likeness (QED) is 0.879. The molecule has 4 rings (SSSR count). The average molecular weight is 371 g/mol. The summed E-state index contributed by atoms with van der Waals surface area (Å²) >= 11 is 3.62. The Kier molecular flexibility index (Phi) is 3.74. The van der Waals surface area contributed by atoms with E-state index >= 15 is 0 Å². The van der Waals surface area contributed by atoms with Crippen LogP contribution in [0.5, 0.6) is 0 Å². The molecule has 0 aliphatic carbocycles. The van der Waals surface area contributed by atoms with Crippen LogP contribution >= 0.6 is 15.9 Å². The number of carbonyl (C=O) groups excluding carboxylic acids is 1. The van der Waals surface area contributed by atoms with Crippen molar-refractivity contribution in [3.05, 3.63) is 69.7 Å². The van der Waals surface area contributed by atoms with Crippen molar-refractivity contribution in [3.63, 3.8) is 0 Å². The lowest BCUT2D eigenvalue weighted by atomic mass is 9.78. The predicted octanol–water partition coefficient (Wildman–Crippen LogP) is 3.22. The van der Waals surface area contributed by atoms with Gasteiger partial charge in [0.25, 0.3) is 0 Å². The van der Waals surface area contributed by atoms with E-state index in [4.69, 9.17) is 0 Å². The number of carbonyl (C=O) groups is 1. The molecule has 1 atom stereocenters. The second kappa shape index (κ2) is 5.77. The predicted molar refractivity (Wildman–Crippen MR) is 94.0 cm³/mol. The molecule has 0 aromatic heterocycles. The third kappa shape index (κ3) is 2.41. The zero-order valence-corrected chi connectivity index (χ0v) is 14.5. The monoisotopic (exact) mass is 370 g/mol. The van der Waals surface area contributed by atoms with Gasteiger partial charge in [-0.1, -0.05) is 58.4 Å². The van der Waals surface area contributed by atoms with Gasteiger partial charge in [0.1, 0.15) is 0 Å². The molecule has 3 nitrogen and oxygen atoms in total. The molecular formula is C19H19BrN2O. The van der Waals surface area contributed by atoms with Crippen molar-refractivity contribution >= 4 is 21.8 Å². The number of hydrogen-bond donors (Lipinski definition) is 1. The highest BCUT2D eigenvalue weighted by Crippen LogP contribution is 2.37. The Bertz CT molecular complexity index is 738. The van der Waals surface area contributed by atoms with E-state index in [1.165, 1.54) is 11.1 Å². The van der Waals surface area contributed by atoms with Crippen LogP contribution in [-0.4, -0.2) is 23.9 Å². The fourth-order valence-electron chi connectivity index (χ4n) is 3.83. The molecule has 0 saturated carbocycles. The molecule has 4 heteroatoms. The summed E-state index contributed by atoms with van der Waals surface area (Å²) < 4.78 is 1.10. The van der Waals surface area contributed by atoms with E-state index in [1.54, 1.807) is 0 Å². The van der Waals surface area contributed by atoms with Gasteiger partial charge < -0.3 is 10.2 Å². The molecule has 2 aromatic rings. The van der Waals surface area contributed by atoms with Crippen molar-refractivity contribution in [2.24, 2.45) is 0 Å². The topological polar surface area (TPSA) is 32.3 Å². The molecule has 23 heavy (non-hydrogen) atoms. The Balaban J connectivity index is 1.67. The number of nitrogens with one attached hydrogen (secondary N) is 1. The number of amides is 1. The lowest BCUT2D eigenvalue weighted by Crippen LogP contribution is -2.46. The van der Waals surface area contributed by atoms with Gasteiger partial charge in [0.2, 0.25) is 5.91 Å². The van der Waals surface area contributed by atoms with Crippen LogP contribution in [0.15, 0.2) is 53.0 Å². The summed E-state index contributed by atoms with van der Waals surface area (Å²) in [7, 11) is 0. The van der Waals surface area contributed by atoms with Crippen molar-refractivity contribution in [2.45, 2.75) is 24.9 Å². The van der Waals surface area contributed by atoms with Crippen LogP contribution in [-0.2, 0) is 23.3 Å². The van der Waals surface area contributed by atoms with E-state index < -0.39 is 5.41 Å². The molecule has 2 heterocycles. The van der Waals surface area contributed by atoms with Crippen LogP contribution in [0.2, 0.25) is 0 Å². The van der Waals surface area contributed by atoms with Gasteiger partial charge in [0.05, 0.1) is 5.41 Å². The van der Waals surface area contributed by atoms with Crippen LogP contribution in [0.25, 0.3) is 0 Å². The van der Waals surface area contributed by atoms with Crippen molar-refractivity contribution in [1.82, 2.24) is 10.2 Å². The van der Waals surface area contributed by atoms with Gasteiger partial charge in [-0.2, -0.15) is 0 Å². The van der Waals surface area contributed by atoms with E-state index in [-0.39, 0.29) is 5.91 Å². The number of hydrogen-bond acceptors (Lipinski definition) is 2. The maximum absolute atomic E-state index is 13.4. The van der Waals surface area contributed by atoms with Gasteiger partial charge in [-0.3, -0.25) is 4.79 Å². The minimum Gasteiger partial charge on any atom is -0.333 e. The van der Waals surface area contributed by atoms with Crippen LogP contribution < -0.4 is 5.32 Å². The molecule has 0 spiro atoms. The summed E-state index contributed by atoms with van der Waals surface area (Å²) in [5.41, 5.74) is 3.21. The molecule has 2 aliphatic rings. The van der Waals surface area contributed by atoms with E-state index in [0.29, 0.717) is 13.1 Å². The molecule has 2 aromatic carbocycles. The van der Waals surface area contributed by atoms with Gasteiger partial charge in [0.15, 0.2) is 0 Å². The minimum absolute atomic E-state index is 0.247. The summed E-state index contributed by atoms with van der Waals surface area (Å²) in [4.78, 5) is 15.4. The van der Waals surface area contributed by atoms with Crippen LogP contribution in [0, 0.1) is 0 Å². The molecule has 1 fully saturated rings. The Labute approximate surface area is 144 Å². The Morgan fingerprint density at radius 2 is 1.91 bits per heavy atom. The van der Waals surface area contributed by atoms with Crippen molar-refractivity contribution in [2.75, 3.05) is 13.1 Å². The number of nitrogens with zero attached hydrogens (tertiary/aromatic N) is 1. The first-order valence-corrected chi connectivity index (χ1v) is 8.82. The molecule has 2 aliphatic heterocycles. The summed E-state index contributed by atoms with van der Waals surface area (Å²) in [6.07, 6.45) is 0.865. The van der Waals surface area contributed by atoms with E-state index in [2.05, 4.69) is 45.5 Å². The van der Waals surface area contributed by atoms with Gasteiger partial charge in [-0.05, 0) is 35.7 Å². The number of benzene rings is 2. The first-order chi connectivity index (χ1) is 11.2. The number of rotatable bonds is 2. The third-order valence-electron chi connectivity index (χ3n) is 5.10. The van der Waals surface area contributed by atoms with Crippen molar-refractivity contribution in [1.29, 1.82) is 0 Å². The standard InChI is InChI=1S/C19H19BrN2O/c20-17-8-4-5-14-11-22(12-16(14)17)18(23)19(9-10-21-13-19)15-6-2-1-3-7-15/h1-8,21H,9-13H2. The lowest BCUT2D eigenvalue weighted by molar-refractivity contribution is -0.137. The zero-order chi connectivity index (χ0) is 15.9. The minimum atomic E-state index is -0.421. The third-order valence-corrected chi connectivity index (χ3v) is 5.85. The SMILES string of the molecule is O=C(N1Cc2cccc(Br)c2C1)C1(c2ccccc2)CCNC1. The van der Waals surface area contributed by atoms with Gasteiger partial charge in [0, 0.05) is 24.1 Å². The molecule has 1 saturated heterocycles. The fraction of sp³-hybridized carbons (Fsp3) is 0.316. The van der Waals surface area contributed by atoms with Crippen molar-refractivity contribution < 1.29 is 4.79 Å². The highest BCUT2D eigenvalue weighted by molar-refractivity contribution is 9.10. The smallest absolute Gasteiger partial charge is 0.235 e. The first kappa shape index (κ1) is 14.9. The Morgan fingerprint density at radius 3 is 2.61 bits per heavy atom. The van der Waals surface area contributed by atoms with Crippen molar-refractivity contribution in [3.8, 4) is 0 Å². The summed E-state index contributed by atoms with van der Waals surface area (Å²) in [6, 6.07) is 16.4.